The van der Waals surface area contributed by atoms with Crippen molar-refractivity contribution in [1.29, 1.82) is 0 Å². The first kappa shape index (κ1) is 20.3. The number of carbonyl (C=O) groups excluding carboxylic acids is 2. The number of rotatable bonds is 8. The molecule has 2 aromatic heterocycles. The second-order valence-electron chi connectivity index (χ2n) is 6.61. The highest BCUT2D eigenvalue weighted by Gasteiger charge is 2.20. The van der Waals surface area contributed by atoms with E-state index in [-0.39, 0.29) is 23.9 Å². The molecule has 1 N–H and O–H groups in total. The third-order valence-electron chi connectivity index (χ3n) is 4.12. The summed E-state index contributed by atoms with van der Waals surface area (Å²) in [5, 5.41) is 3.55. The highest BCUT2D eigenvalue weighted by atomic mass is 35.5. The molecule has 0 radical (unpaired) electrons. The van der Waals surface area contributed by atoms with Crippen molar-refractivity contribution in [1.82, 2.24) is 10.2 Å². The summed E-state index contributed by atoms with van der Waals surface area (Å²) in [5.74, 6) is 0.0160. The van der Waals surface area contributed by atoms with E-state index in [1.54, 1.807) is 30.3 Å². The summed E-state index contributed by atoms with van der Waals surface area (Å²) in [6, 6.07) is 12.5. The van der Waals surface area contributed by atoms with Gasteiger partial charge in [-0.1, -0.05) is 23.7 Å². The molecule has 0 saturated heterocycles. The number of furan rings is 1. The number of benzene rings is 1. The van der Waals surface area contributed by atoms with Gasteiger partial charge < -0.3 is 14.6 Å². The highest BCUT2D eigenvalue weighted by molar-refractivity contribution is 7.17. The fraction of sp³-hybridized carbons (Fsp3) is 0.238. The largest absolute Gasteiger partial charge is 0.461 e. The number of likely N-dealkylation sites (N-methyl/N-ethyl adjacent to an activating group) is 1. The van der Waals surface area contributed by atoms with Crippen LogP contribution in [0.25, 0.3) is 10.4 Å². The number of hydrogen-bond acceptors (Lipinski definition) is 5. The molecular weight excluding hydrogens is 396 g/mol. The van der Waals surface area contributed by atoms with E-state index in [1.165, 1.54) is 17.6 Å². The molecule has 0 fully saturated rings. The standard InChI is InChI=1S/C21H21ClN2O3S/c1-24(2)10-9-23-19(25)13-15-12-18(20(26)17-4-3-11-27-17)28-21(15)14-5-7-16(22)8-6-14/h3-8,11-12H,9-10,13H2,1-2H3,(H,23,25). The Morgan fingerprint density at radius 1 is 1.18 bits per heavy atom. The van der Waals surface area contributed by atoms with Gasteiger partial charge in [0.25, 0.3) is 0 Å². The first-order valence-electron chi connectivity index (χ1n) is 8.82. The molecule has 1 aromatic carbocycles. The summed E-state index contributed by atoms with van der Waals surface area (Å²) in [5.41, 5.74) is 1.73. The van der Waals surface area contributed by atoms with Crippen LogP contribution >= 0.6 is 22.9 Å². The molecule has 146 valence electrons. The lowest BCUT2D eigenvalue weighted by atomic mass is 10.1. The summed E-state index contributed by atoms with van der Waals surface area (Å²) in [7, 11) is 3.91. The van der Waals surface area contributed by atoms with Gasteiger partial charge in [-0.2, -0.15) is 0 Å². The SMILES string of the molecule is CN(C)CCNC(=O)Cc1cc(C(=O)c2ccco2)sc1-c1ccc(Cl)cc1. The van der Waals surface area contributed by atoms with Crippen molar-refractivity contribution in [2.75, 3.05) is 27.2 Å². The van der Waals surface area contributed by atoms with Crippen molar-refractivity contribution in [3.05, 3.63) is 70.0 Å². The molecule has 0 aliphatic carbocycles. The van der Waals surface area contributed by atoms with Gasteiger partial charge in [0.2, 0.25) is 11.7 Å². The normalized spacial score (nSPS) is 11.0. The molecule has 0 saturated carbocycles. The number of nitrogens with one attached hydrogen (secondary N) is 1. The van der Waals surface area contributed by atoms with E-state index in [4.69, 9.17) is 16.0 Å². The summed E-state index contributed by atoms with van der Waals surface area (Å²) < 4.78 is 5.23. The van der Waals surface area contributed by atoms with Crippen LogP contribution in [0.15, 0.2) is 53.1 Å². The van der Waals surface area contributed by atoms with Crippen LogP contribution in [0.3, 0.4) is 0 Å². The predicted molar refractivity (Wildman–Crippen MR) is 112 cm³/mol. The van der Waals surface area contributed by atoms with Gasteiger partial charge in [0.15, 0.2) is 5.76 Å². The second kappa shape index (κ2) is 9.19. The molecule has 7 heteroatoms. The summed E-state index contributed by atoms with van der Waals surface area (Å²) in [6.07, 6.45) is 1.67. The van der Waals surface area contributed by atoms with Crippen LogP contribution in [0.1, 0.15) is 21.0 Å². The van der Waals surface area contributed by atoms with Crippen molar-refractivity contribution < 1.29 is 14.0 Å². The number of carbonyl (C=O) groups is 2. The van der Waals surface area contributed by atoms with Crippen LogP contribution in [-0.4, -0.2) is 43.8 Å². The Bertz CT molecular complexity index is 947. The zero-order valence-electron chi connectivity index (χ0n) is 15.7. The van der Waals surface area contributed by atoms with E-state index in [9.17, 15) is 9.59 Å². The molecule has 2 heterocycles. The molecule has 0 spiro atoms. The number of ketones is 1. The Balaban J connectivity index is 1.87. The predicted octanol–water partition coefficient (Wildman–Crippen LogP) is 4.11. The first-order chi connectivity index (χ1) is 13.4. The quantitative estimate of drug-likeness (QED) is 0.561. The first-order valence-corrected chi connectivity index (χ1v) is 10.0. The monoisotopic (exact) mass is 416 g/mol. The average Bonchev–Trinajstić information content (AvgIpc) is 3.32. The van der Waals surface area contributed by atoms with Gasteiger partial charge in [0, 0.05) is 23.0 Å². The van der Waals surface area contributed by atoms with Crippen molar-refractivity contribution in [3.8, 4) is 10.4 Å². The molecule has 1 amide bonds. The minimum absolute atomic E-state index is 0.0770. The number of hydrogen-bond donors (Lipinski definition) is 1. The van der Waals surface area contributed by atoms with Crippen LogP contribution in [0.2, 0.25) is 5.02 Å². The third-order valence-corrected chi connectivity index (χ3v) is 5.59. The molecule has 5 nitrogen and oxygen atoms in total. The number of halogens is 1. The Morgan fingerprint density at radius 2 is 1.93 bits per heavy atom. The lowest BCUT2D eigenvalue weighted by Crippen LogP contribution is -2.32. The van der Waals surface area contributed by atoms with Gasteiger partial charge in [-0.25, -0.2) is 0 Å². The molecule has 3 aromatic rings. The maximum atomic E-state index is 12.7. The molecule has 0 atom stereocenters. The highest BCUT2D eigenvalue weighted by Crippen LogP contribution is 2.35. The Hall–Kier alpha value is -2.41. The molecule has 28 heavy (non-hydrogen) atoms. The van der Waals surface area contributed by atoms with Crippen molar-refractivity contribution in [2.24, 2.45) is 0 Å². The van der Waals surface area contributed by atoms with Crippen molar-refractivity contribution in [2.45, 2.75) is 6.42 Å². The van der Waals surface area contributed by atoms with Gasteiger partial charge in [0.1, 0.15) is 0 Å². The molecule has 0 unspecified atom stereocenters. The number of thiophene rings is 1. The van der Waals surface area contributed by atoms with E-state index in [0.29, 0.717) is 16.4 Å². The van der Waals surface area contributed by atoms with Crippen LogP contribution in [0, 0.1) is 0 Å². The third kappa shape index (κ3) is 5.10. The van der Waals surface area contributed by atoms with Crippen molar-refractivity contribution >= 4 is 34.6 Å². The Morgan fingerprint density at radius 3 is 2.57 bits per heavy atom. The molecule has 0 aliphatic rings. The van der Waals surface area contributed by atoms with Gasteiger partial charge in [-0.05, 0) is 55.6 Å². The fourth-order valence-electron chi connectivity index (χ4n) is 2.70. The zero-order chi connectivity index (χ0) is 20.1. The summed E-state index contributed by atoms with van der Waals surface area (Å²) in [4.78, 5) is 28.5. The van der Waals surface area contributed by atoms with Crippen LogP contribution < -0.4 is 5.32 Å². The maximum absolute atomic E-state index is 12.7. The van der Waals surface area contributed by atoms with E-state index in [1.807, 2.05) is 31.1 Å². The van der Waals surface area contributed by atoms with E-state index < -0.39 is 0 Å². The maximum Gasteiger partial charge on any atom is 0.238 e. The zero-order valence-corrected chi connectivity index (χ0v) is 17.3. The van der Waals surface area contributed by atoms with E-state index in [0.717, 1.165) is 22.5 Å². The topological polar surface area (TPSA) is 62.6 Å². The van der Waals surface area contributed by atoms with Gasteiger partial charge >= 0.3 is 0 Å². The minimum atomic E-state index is -0.190. The lowest BCUT2D eigenvalue weighted by Gasteiger charge is -2.10. The second-order valence-corrected chi connectivity index (χ2v) is 8.10. The Kier molecular flexibility index (Phi) is 6.67. The smallest absolute Gasteiger partial charge is 0.238 e. The molecule has 0 aliphatic heterocycles. The fourth-order valence-corrected chi connectivity index (χ4v) is 3.96. The number of amides is 1. The van der Waals surface area contributed by atoms with E-state index in [2.05, 4.69) is 5.32 Å². The average molecular weight is 417 g/mol. The summed E-state index contributed by atoms with van der Waals surface area (Å²) >= 11 is 7.35. The van der Waals surface area contributed by atoms with Gasteiger partial charge in [0.05, 0.1) is 17.6 Å². The minimum Gasteiger partial charge on any atom is -0.461 e. The Labute approximate surface area is 172 Å². The summed E-state index contributed by atoms with van der Waals surface area (Å²) in [6.45, 7) is 1.34. The van der Waals surface area contributed by atoms with Crippen LogP contribution in [0.5, 0.6) is 0 Å². The molecule has 0 bridgehead atoms. The van der Waals surface area contributed by atoms with Gasteiger partial charge in [-0.15, -0.1) is 11.3 Å². The van der Waals surface area contributed by atoms with Crippen LogP contribution in [-0.2, 0) is 11.2 Å². The molecular formula is C21H21ClN2O3S. The van der Waals surface area contributed by atoms with Gasteiger partial charge in [-0.3, -0.25) is 9.59 Å². The van der Waals surface area contributed by atoms with Crippen LogP contribution in [0.4, 0.5) is 0 Å². The number of nitrogens with zero attached hydrogens (tertiary/aromatic N) is 1. The van der Waals surface area contributed by atoms with Crippen molar-refractivity contribution in [3.63, 3.8) is 0 Å². The van der Waals surface area contributed by atoms with E-state index >= 15 is 0 Å². The lowest BCUT2D eigenvalue weighted by molar-refractivity contribution is -0.120. The molecule has 3 rings (SSSR count).